The number of nitrogens with zero attached hydrogens (tertiary/aromatic N) is 1. The van der Waals surface area contributed by atoms with Crippen molar-refractivity contribution >= 4 is 15.9 Å². The molecule has 0 saturated heterocycles. The number of amides is 1. The molecule has 0 unspecified atom stereocenters. The highest BCUT2D eigenvalue weighted by molar-refractivity contribution is 7.90. The van der Waals surface area contributed by atoms with Gasteiger partial charge in [-0.05, 0) is 24.3 Å². The lowest BCUT2D eigenvalue weighted by Crippen LogP contribution is -2.28. The minimum absolute atomic E-state index is 0.00366. The maximum atomic E-state index is 12.0. The van der Waals surface area contributed by atoms with Gasteiger partial charge in [-0.15, -0.1) is 0 Å². The molecule has 128 valence electrons. The maximum absolute atomic E-state index is 12.0. The standard InChI is InChI=1S/C18H16N2O4S/c1-12(21)20-25(22,23)16-10-8-15(9-11-16)18-17(19-13(2)24-18)14-6-4-3-5-7-14/h3-11H,1-2H3,(H,20,21). The van der Waals surface area contributed by atoms with Crippen LogP contribution >= 0.6 is 0 Å². The van der Waals surface area contributed by atoms with Crippen LogP contribution in [0.3, 0.4) is 0 Å². The second-order valence-electron chi connectivity index (χ2n) is 5.46. The van der Waals surface area contributed by atoms with Crippen molar-refractivity contribution in [3.63, 3.8) is 0 Å². The summed E-state index contributed by atoms with van der Waals surface area (Å²) in [6.45, 7) is 2.90. The predicted molar refractivity (Wildman–Crippen MR) is 93.1 cm³/mol. The van der Waals surface area contributed by atoms with E-state index in [1.54, 1.807) is 19.1 Å². The third-order valence-corrected chi connectivity index (χ3v) is 4.94. The first-order valence-corrected chi connectivity index (χ1v) is 9.02. The van der Waals surface area contributed by atoms with Crippen LogP contribution in [0.25, 0.3) is 22.6 Å². The molecule has 1 heterocycles. The molecule has 25 heavy (non-hydrogen) atoms. The number of nitrogens with one attached hydrogen (secondary N) is 1. The highest BCUT2D eigenvalue weighted by Crippen LogP contribution is 2.32. The summed E-state index contributed by atoms with van der Waals surface area (Å²) in [6, 6.07) is 15.7. The van der Waals surface area contributed by atoms with Crippen molar-refractivity contribution in [2.75, 3.05) is 0 Å². The van der Waals surface area contributed by atoms with Gasteiger partial charge >= 0.3 is 0 Å². The topological polar surface area (TPSA) is 89.3 Å². The lowest BCUT2D eigenvalue weighted by molar-refractivity contribution is -0.117. The van der Waals surface area contributed by atoms with E-state index >= 15 is 0 Å². The number of oxazole rings is 1. The zero-order valence-corrected chi connectivity index (χ0v) is 14.5. The average Bonchev–Trinajstić information content (AvgIpc) is 2.96. The Hall–Kier alpha value is -2.93. The number of hydrogen-bond donors (Lipinski definition) is 1. The van der Waals surface area contributed by atoms with E-state index in [0.29, 0.717) is 22.9 Å². The van der Waals surface area contributed by atoms with E-state index in [9.17, 15) is 13.2 Å². The molecule has 0 saturated carbocycles. The molecule has 0 bridgehead atoms. The summed E-state index contributed by atoms with van der Waals surface area (Å²) in [7, 11) is -3.86. The van der Waals surface area contributed by atoms with Crippen molar-refractivity contribution in [3.05, 3.63) is 60.5 Å². The van der Waals surface area contributed by atoms with Crippen LogP contribution in [0.5, 0.6) is 0 Å². The van der Waals surface area contributed by atoms with Crippen LogP contribution in [0.15, 0.2) is 63.9 Å². The Morgan fingerprint density at radius 1 is 1.00 bits per heavy atom. The Kier molecular flexibility index (Phi) is 4.41. The summed E-state index contributed by atoms with van der Waals surface area (Å²) >= 11 is 0. The molecule has 0 aliphatic carbocycles. The fraction of sp³-hybridized carbons (Fsp3) is 0.111. The minimum atomic E-state index is -3.86. The number of rotatable bonds is 4. The van der Waals surface area contributed by atoms with Crippen LogP contribution in [0.4, 0.5) is 0 Å². The number of sulfonamides is 1. The van der Waals surface area contributed by atoms with Crippen molar-refractivity contribution in [1.29, 1.82) is 0 Å². The van der Waals surface area contributed by atoms with Gasteiger partial charge in [0, 0.05) is 25.0 Å². The first-order chi connectivity index (χ1) is 11.9. The van der Waals surface area contributed by atoms with Crippen molar-refractivity contribution in [1.82, 2.24) is 9.71 Å². The third-order valence-electron chi connectivity index (χ3n) is 3.49. The molecule has 1 amide bonds. The molecular formula is C18H16N2O4S. The molecule has 0 spiro atoms. The van der Waals surface area contributed by atoms with E-state index in [1.807, 2.05) is 35.1 Å². The molecule has 0 atom stereocenters. The summed E-state index contributed by atoms with van der Waals surface area (Å²) in [5.74, 6) is 0.442. The molecule has 3 aromatic rings. The van der Waals surface area contributed by atoms with Crippen molar-refractivity contribution in [3.8, 4) is 22.6 Å². The largest absolute Gasteiger partial charge is 0.440 e. The normalized spacial score (nSPS) is 11.3. The molecule has 6 nitrogen and oxygen atoms in total. The van der Waals surface area contributed by atoms with E-state index in [1.165, 1.54) is 12.1 Å². The van der Waals surface area contributed by atoms with Crippen molar-refractivity contribution in [2.24, 2.45) is 0 Å². The first-order valence-electron chi connectivity index (χ1n) is 7.53. The van der Waals surface area contributed by atoms with Gasteiger partial charge in [-0.25, -0.2) is 18.1 Å². The fourth-order valence-corrected chi connectivity index (χ4v) is 3.44. The van der Waals surface area contributed by atoms with E-state index in [-0.39, 0.29) is 4.90 Å². The van der Waals surface area contributed by atoms with Crippen molar-refractivity contribution in [2.45, 2.75) is 18.7 Å². The quantitative estimate of drug-likeness (QED) is 0.776. The van der Waals surface area contributed by atoms with Crippen molar-refractivity contribution < 1.29 is 17.6 Å². The second-order valence-corrected chi connectivity index (χ2v) is 7.15. The maximum Gasteiger partial charge on any atom is 0.264 e. The van der Waals surface area contributed by atoms with E-state index in [0.717, 1.165) is 12.5 Å². The molecule has 1 aromatic heterocycles. The highest BCUT2D eigenvalue weighted by atomic mass is 32.2. The summed E-state index contributed by atoms with van der Waals surface area (Å²) in [5, 5.41) is 0. The number of aromatic nitrogens is 1. The van der Waals surface area contributed by atoms with Crippen LogP contribution in [0.1, 0.15) is 12.8 Å². The molecule has 0 fully saturated rings. The van der Waals surface area contributed by atoms with Gasteiger partial charge < -0.3 is 4.42 Å². The fourth-order valence-electron chi connectivity index (χ4n) is 2.45. The summed E-state index contributed by atoms with van der Waals surface area (Å²) in [6.07, 6.45) is 0. The van der Waals surface area contributed by atoms with Gasteiger partial charge in [-0.3, -0.25) is 4.79 Å². The van der Waals surface area contributed by atoms with E-state index < -0.39 is 15.9 Å². The van der Waals surface area contributed by atoms with Gasteiger partial charge in [0.25, 0.3) is 10.0 Å². The van der Waals surface area contributed by atoms with Gasteiger partial charge in [0.15, 0.2) is 11.7 Å². The average molecular weight is 356 g/mol. The van der Waals surface area contributed by atoms with Crippen LogP contribution < -0.4 is 4.72 Å². The number of carbonyl (C=O) groups excluding carboxylic acids is 1. The Labute approximate surface area is 145 Å². The number of benzene rings is 2. The Balaban J connectivity index is 2.01. The van der Waals surface area contributed by atoms with E-state index in [2.05, 4.69) is 4.98 Å². The monoisotopic (exact) mass is 356 g/mol. The first kappa shape index (κ1) is 16.9. The van der Waals surface area contributed by atoms with Gasteiger partial charge in [0.2, 0.25) is 5.91 Å². The predicted octanol–water partition coefficient (Wildman–Crippen LogP) is 3.14. The molecular weight excluding hydrogens is 340 g/mol. The zero-order valence-electron chi connectivity index (χ0n) is 13.7. The van der Waals surface area contributed by atoms with Crippen LogP contribution in [0, 0.1) is 6.92 Å². The van der Waals surface area contributed by atoms with Crippen LogP contribution in [-0.2, 0) is 14.8 Å². The molecule has 1 N–H and O–H groups in total. The minimum Gasteiger partial charge on any atom is -0.440 e. The number of carbonyl (C=O) groups is 1. The zero-order chi connectivity index (χ0) is 18.0. The molecule has 7 heteroatoms. The highest BCUT2D eigenvalue weighted by Gasteiger charge is 2.18. The van der Waals surface area contributed by atoms with Gasteiger partial charge in [0.1, 0.15) is 5.69 Å². The third kappa shape index (κ3) is 3.61. The molecule has 0 radical (unpaired) electrons. The lowest BCUT2D eigenvalue weighted by atomic mass is 10.1. The summed E-state index contributed by atoms with van der Waals surface area (Å²) < 4.78 is 31.7. The van der Waals surface area contributed by atoms with Crippen LogP contribution in [-0.4, -0.2) is 19.3 Å². The lowest BCUT2D eigenvalue weighted by Gasteiger charge is -2.06. The summed E-state index contributed by atoms with van der Waals surface area (Å²) in [5.41, 5.74) is 2.29. The smallest absolute Gasteiger partial charge is 0.264 e. The Morgan fingerprint density at radius 2 is 1.64 bits per heavy atom. The molecule has 0 aliphatic heterocycles. The molecule has 0 aliphatic rings. The van der Waals surface area contributed by atoms with Gasteiger partial charge in [0.05, 0.1) is 4.90 Å². The van der Waals surface area contributed by atoms with E-state index in [4.69, 9.17) is 4.42 Å². The molecule has 3 rings (SSSR count). The Bertz CT molecular complexity index is 1010. The molecule has 2 aromatic carbocycles. The van der Waals surface area contributed by atoms with Crippen LogP contribution in [0.2, 0.25) is 0 Å². The second kappa shape index (κ2) is 6.52. The number of aryl methyl sites for hydroxylation is 1. The van der Waals surface area contributed by atoms with Gasteiger partial charge in [-0.1, -0.05) is 30.3 Å². The number of hydrogen-bond acceptors (Lipinski definition) is 5. The SMILES string of the molecule is CC(=O)NS(=O)(=O)c1ccc(-c2oc(C)nc2-c2ccccc2)cc1. The Morgan fingerprint density at radius 3 is 2.24 bits per heavy atom. The van der Waals surface area contributed by atoms with Gasteiger partial charge in [-0.2, -0.15) is 0 Å². The summed E-state index contributed by atoms with van der Waals surface area (Å²) in [4.78, 5) is 15.4.